The highest BCUT2D eigenvalue weighted by atomic mass is 35.5. The zero-order valence-corrected chi connectivity index (χ0v) is 16.6. The van der Waals surface area contributed by atoms with Crippen molar-refractivity contribution in [2.24, 2.45) is 0 Å². The van der Waals surface area contributed by atoms with Gasteiger partial charge in [0.05, 0.1) is 10.7 Å². The molecular weight excluding hydrogens is 398 g/mol. The number of thiocarbonyl (C=S) groups is 1. The minimum atomic E-state index is -0.561. The first-order valence-corrected chi connectivity index (χ1v) is 9.84. The van der Waals surface area contributed by atoms with Crippen molar-refractivity contribution < 1.29 is 14.0 Å². The van der Waals surface area contributed by atoms with Gasteiger partial charge in [0.2, 0.25) is 0 Å². The molecule has 1 aromatic heterocycles. The van der Waals surface area contributed by atoms with Crippen LogP contribution < -0.4 is 15.1 Å². The zero-order valence-electron chi connectivity index (χ0n) is 15.0. The second-order valence-corrected chi connectivity index (χ2v) is 7.43. The van der Waals surface area contributed by atoms with Crippen LogP contribution in [0.1, 0.15) is 25.0 Å². The number of amides is 2. The van der Waals surface area contributed by atoms with Gasteiger partial charge >= 0.3 is 0 Å². The van der Waals surface area contributed by atoms with E-state index in [1.165, 1.54) is 17.4 Å². The van der Waals surface area contributed by atoms with Gasteiger partial charge in [0.25, 0.3) is 11.8 Å². The highest BCUT2D eigenvalue weighted by Gasteiger charge is 2.35. The number of rotatable bonds is 3. The van der Waals surface area contributed by atoms with E-state index in [4.69, 9.17) is 28.2 Å². The number of nitrogens with zero attached hydrogens (tertiary/aromatic N) is 2. The molecule has 4 rings (SSSR count). The SMILES string of the molecule is O=C1NC(=S)N(c2ccccc2Cl)C(=O)/C1=C/c1ccc(N2CCCCC2)o1. The number of halogens is 1. The molecule has 8 heteroatoms. The molecule has 0 radical (unpaired) electrons. The summed E-state index contributed by atoms with van der Waals surface area (Å²) >= 11 is 11.4. The maximum absolute atomic E-state index is 13.0. The van der Waals surface area contributed by atoms with E-state index >= 15 is 0 Å². The van der Waals surface area contributed by atoms with Crippen molar-refractivity contribution in [3.8, 4) is 0 Å². The molecule has 2 aliphatic rings. The molecule has 1 N–H and O–H groups in total. The maximum Gasteiger partial charge on any atom is 0.270 e. The first kappa shape index (κ1) is 18.7. The largest absolute Gasteiger partial charge is 0.441 e. The second kappa shape index (κ2) is 7.77. The van der Waals surface area contributed by atoms with Gasteiger partial charge in [-0.1, -0.05) is 23.7 Å². The lowest BCUT2D eigenvalue weighted by Gasteiger charge is -2.29. The third-order valence-electron chi connectivity index (χ3n) is 4.76. The quantitative estimate of drug-likeness (QED) is 0.469. The van der Waals surface area contributed by atoms with Crippen molar-refractivity contribution in [2.45, 2.75) is 19.3 Å². The normalized spacial score (nSPS) is 19.3. The fourth-order valence-corrected chi connectivity index (χ4v) is 3.85. The van der Waals surface area contributed by atoms with Gasteiger partial charge in [0.1, 0.15) is 11.3 Å². The van der Waals surface area contributed by atoms with Crippen LogP contribution >= 0.6 is 23.8 Å². The molecule has 1 aromatic carbocycles. The number of carbonyl (C=O) groups is 2. The molecular formula is C20H18ClN3O3S. The number of nitrogens with one attached hydrogen (secondary N) is 1. The average Bonchev–Trinajstić information content (AvgIpc) is 3.16. The summed E-state index contributed by atoms with van der Waals surface area (Å²) in [5.74, 6) is 0.0756. The molecule has 0 saturated carbocycles. The average molecular weight is 416 g/mol. The predicted molar refractivity (Wildman–Crippen MR) is 112 cm³/mol. The Labute approximate surface area is 172 Å². The van der Waals surface area contributed by atoms with Crippen LogP contribution in [0.5, 0.6) is 0 Å². The van der Waals surface area contributed by atoms with Crippen LogP contribution in [-0.4, -0.2) is 30.0 Å². The van der Waals surface area contributed by atoms with E-state index in [2.05, 4.69) is 10.2 Å². The Kier molecular flexibility index (Phi) is 5.19. The van der Waals surface area contributed by atoms with Crippen molar-refractivity contribution in [3.05, 3.63) is 52.8 Å². The summed E-state index contributed by atoms with van der Waals surface area (Å²) in [7, 11) is 0. The minimum absolute atomic E-state index is 0.00583. The molecule has 3 heterocycles. The standard InChI is InChI=1S/C20H18ClN3O3S/c21-15-6-2-3-7-16(15)24-19(26)14(18(25)22-20(24)28)12-13-8-9-17(27-13)23-10-4-1-5-11-23/h2-3,6-9,12H,1,4-5,10-11H2,(H,22,25,28)/b14-12+. The van der Waals surface area contributed by atoms with Gasteiger partial charge in [-0.2, -0.15) is 0 Å². The lowest BCUT2D eigenvalue weighted by molar-refractivity contribution is -0.122. The summed E-state index contributed by atoms with van der Waals surface area (Å²) in [6, 6.07) is 10.4. The fourth-order valence-electron chi connectivity index (χ4n) is 3.36. The van der Waals surface area contributed by atoms with E-state index in [0.29, 0.717) is 16.5 Å². The molecule has 2 fully saturated rings. The summed E-state index contributed by atoms with van der Waals surface area (Å²) < 4.78 is 5.85. The molecule has 2 aromatic rings. The molecule has 2 amide bonds. The number of piperidine rings is 1. The Morgan fingerprint density at radius 3 is 2.57 bits per heavy atom. The molecule has 0 spiro atoms. The number of anilines is 2. The monoisotopic (exact) mass is 415 g/mol. The van der Waals surface area contributed by atoms with Gasteiger partial charge < -0.3 is 9.32 Å². The number of carbonyl (C=O) groups excluding carboxylic acids is 2. The van der Waals surface area contributed by atoms with Gasteiger partial charge in [-0.15, -0.1) is 0 Å². The molecule has 28 heavy (non-hydrogen) atoms. The van der Waals surface area contributed by atoms with Crippen molar-refractivity contribution in [1.29, 1.82) is 0 Å². The van der Waals surface area contributed by atoms with Crippen molar-refractivity contribution >= 4 is 58.4 Å². The maximum atomic E-state index is 13.0. The van der Waals surface area contributed by atoms with Crippen LogP contribution in [0.4, 0.5) is 11.6 Å². The van der Waals surface area contributed by atoms with Crippen molar-refractivity contribution in [1.82, 2.24) is 5.32 Å². The van der Waals surface area contributed by atoms with Crippen LogP contribution in [0.25, 0.3) is 6.08 Å². The Morgan fingerprint density at radius 1 is 1.07 bits per heavy atom. The summed E-state index contributed by atoms with van der Waals surface area (Å²) in [6.45, 7) is 1.88. The first-order valence-electron chi connectivity index (χ1n) is 9.05. The summed E-state index contributed by atoms with van der Waals surface area (Å²) in [6.07, 6.45) is 4.92. The number of hydrogen-bond donors (Lipinski definition) is 1. The zero-order chi connectivity index (χ0) is 19.7. The summed E-state index contributed by atoms with van der Waals surface area (Å²) in [4.78, 5) is 28.8. The predicted octanol–water partition coefficient (Wildman–Crippen LogP) is 3.75. The van der Waals surface area contributed by atoms with Crippen LogP contribution in [0.15, 0.2) is 46.4 Å². The lowest BCUT2D eigenvalue weighted by atomic mass is 10.1. The Balaban J connectivity index is 1.64. The smallest absolute Gasteiger partial charge is 0.270 e. The van der Waals surface area contributed by atoms with Crippen LogP contribution in [-0.2, 0) is 9.59 Å². The molecule has 0 aliphatic carbocycles. The van der Waals surface area contributed by atoms with Gasteiger partial charge in [-0.25, -0.2) is 0 Å². The number of para-hydroxylation sites is 1. The van der Waals surface area contributed by atoms with E-state index in [1.807, 2.05) is 6.07 Å². The van der Waals surface area contributed by atoms with Gasteiger partial charge in [-0.05, 0) is 55.8 Å². The highest BCUT2D eigenvalue weighted by molar-refractivity contribution is 7.80. The van der Waals surface area contributed by atoms with Crippen molar-refractivity contribution in [3.63, 3.8) is 0 Å². The van der Waals surface area contributed by atoms with Crippen LogP contribution in [0.2, 0.25) is 5.02 Å². The van der Waals surface area contributed by atoms with Gasteiger partial charge in [0.15, 0.2) is 11.0 Å². The van der Waals surface area contributed by atoms with E-state index in [-0.39, 0.29) is 10.7 Å². The number of furan rings is 1. The van der Waals surface area contributed by atoms with E-state index in [9.17, 15) is 9.59 Å². The Morgan fingerprint density at radius 2 is 1.82 bits per heavy atom. The third kappa shape index (κ3) is 3.55. The third-order valence-corrected chi connectivity index (χ3v) is 5.37. The number of hydrogen-bond acceptors (Lipinski definition) is 5. The van der Waals surface area contributed by atoms with E-state index in [1.54, 1.807) is 30.3 Å². The molecule has 6 nitrogen and oxygen atoms in total. The Hall–Kier alpha value is -2.64. The lowest BCUT2D eigenvalue weighted by Crippen LogP contribution is -2.54. The number of benzene rings is 1. The first-order chi connectivity index (χ1) is 13.5. The molecule has 2 aliphatic heterocycles. The highest BCUT2D eigenvalue weighted by Crippen LogP contribution is 2.29. The Bertz CT molecular complexity index is 979. The van der Waals surface area contributed by atoms with Gasteiger partial charge in [-0.3, -0.25) is 19.8 Å². The molecule has 0 bridgehead atoms. The molecule has 2 saturated heterocycles. The topological polar surface area (TPSA) is 65.8 Å². The summed E-state index contributed by atoms with van der Waals surface area (Å²) in [5, 5.41) is 2.90. The molecule has 144 valence electrons. The summed E-state index contributed by atoms with van der Waals surface area (Å²) in [5.41, 5.74) is 0.353. The second-order valence-electron chi connectivity index (χ2n) is 6.63. The fraction of sp³-hybridized carbons (Fsp3) is 0.250. The molecule has 0 atom stereocenters. The van der Waals surface area contributed by atoms with Gasteiger partial charge in [0, 0.05) is 19.2 Å². The molecule has 0 unspecified atom stereocenters. The van der Waals surface area contributed by atoms with E-state index < -0.39 is 11.8 Å². The minimum Gasteiger partial charge on any atom is -0.441 e. The van der Waals surface area contributed by atoms with Crippen molar-refractivity contribution in [2.75, 3.05) is 22.9 Å². The van der Waals surface area contributed by atoms with Crippen LogP contribution in [0, 0.1) is 0 Å². The van der Waals surface area contributed by atoms with Crippen LogP contribution in [0.3, 0.4) is 0 Å². The van der Waals surface area contributed by atoms with E-state index in [0.717, 1.165) is 31.8 Å².